The van der Waals surface area contributed by atoms with Crippen molar-refractivity contribution in [3.63, 3.8) is 0 Å². The average molecular weight is 593 g/mol. The largest absolute Gasteiger partial charge is 0.493 e. The van der Waals surface area contributed by atoms with Gasteiger partial charge in [0.1, 0.15) is 17.1 Å². The van der Waals surface area contributed by atoms with E-state index in [1.165, 1.54) is 0 Å². The third kappa shape index (κ3) is 6.15. The number of H-pyrrole nitrogens is 1. The molecule has 4 heterocycles. The maximum absolute atomic E-state index is 13.2. The number of ether oxygens (including phenoxy) is 2. The number of aromatic amines is 1. The fourth-order valence-electron chi connectivity index (χ4n) is 7.10. The molecule has 2 atom stereocenters. The van der Waals surface area contributed by atoms with E-state index in [4.69, 9.17) is 19.3 Å². The minimum Gasteiger partial charge on any atom is -0.493 e. The van der Waals surface area contributed by atoms with Gasteiger partial charge in [0.25, 0.3) is 5.56 Å². The van der Waals surface area contributed by atoms with Crippen LogP contribution in [0.4, 0.5) is 5.69 Å². The third-order valence-corrected chi connectivity index (χ3v) is 9.46. The average Bonchev–Trinajstić information content (AvgIpc) is 3.58. The van der Waals surface area contributed by atoms with Crippen molar-refractivity contribution in [3.05, 3.63) is 34.2 Å². The van der Waals surface area contributed by atoms with E-state index in [1.54, 1.807) is 11.7 Å². The molecule has 0 radical (unpaired) electrons. The second-order valence-electron chi connectivity index (χ2n) is 12.4. The minimum atomic E-state index is -0.326. The summed E-state index contributed by atoms with van der Waals surface area (Å²) < 4.78 is 13.2. The number of carbonyl (C=O) groups is 1. The molecule has 3 aromatic rings. The van der Waals surface area contributed by atoms with Crippen molar-refractivity contribution in [1.82, 2.24) is 25.2 Å². The van der Waals surface area contributed by atoms with Crippen LogP contribution >= 0.6 is 0 Å². The van der Waals surface area contributed by atoms with E-state index >= 15 is 0 Å². The standard InChI is InChI=1S/C32H44N6O5/c1-4-8-24-27-28(37(3)35-24)31(40)34-29(33-27)23-19-22(10-11-25(23)41-5-2)38-16-14-32(15-17-38)13-12-21(20-32)30(39)36-43-26-9-6-7-18-42-26/h10-11,19,21,26H,4-9,12-18,20H2,1-3H3,(H,36,39)(H,33,34,40). The fraction of sp³-hybridized carbons (Fsp3) is 0.625. The van der Waals surface area contributed by atoms with Gasteiger partial charge in [-0.25, -0.2) is 15.3 Å². The van der Waals surface area contributed by atoms with Gasteiger partial charge in [-0.2, -0.15) is 5.10 Å². The van der Waals surface area contributed by atoms with Crippen molar-refractivity contribution < 1.29 is 19.1 Å². The number of aromatic nitrogens is 4. The lowest BCUT2D eigenvalue weighted by atomic mass is 9.76. The van der Waals surface area contributed by atoms with Crippen LogP contribution in [0.1, 0.15) is 77.3 Å². The summed E-state index contributed by atoms with van der Waals surface area (Å²) in [4.78, 5) is 41.9. The van der Waals surface area contributed by atoms with Crippen LogP contribution in [0.25, 0.3) is 22.4 Å². The molecule has 2 saturated heterocycles. The molecule has 6 rings (SSSR count). The molecule has 232 valence electrons. The van der Waals surface area contributed by atoms with Crippen molar-refractivity contribution in [1.29, 1.82) is 0 Å². The summed E-state index contributed by atoms with van der Waals surface area (Å²) in [5.41, 5.74) is 6.47. The fourth-order valence-corrected chi connectivity index (χ4v) is 7.10. The van der Waals surface area contributed by atoms with Gasteiger partial charge < -0.3 is 19.4 Å². The van der Waals surface area contributed by atoms with E-state index < -0.39 is 0 Å². The Morgan fingerprint density at radius 3 is 2.77 bits per heavy atom. The highest BCUT2D eigenvalue weighted by Gasteiger charge is 2.44. The van der Waals surface area contributed by atoms with Crippen LogP contribution in [0.15, 0.2) is 23.0 Å². The second kappa shape index (κ2) is 12.7. The number of hydrogen-bond acceptors (Lipinski definition) is 8. The summed E-state index contributed by atoms with van der Waals surface area (Å²) in [5, 5.41) is 4.56. The molecule has 3 aliphatic rings. The molecule has 11 heteroatoms. The first-order valence-electron chi connectivity index (χ1n) is 15.9. The van der Waals surface area contributed by atoms with Crippen molar-refractivity contribution in [2.75, 3.05) is 31.2 Å². The monoisotopic (exact) mass is 592 g/mol. The number of anilines is 1. The number of benzene rings is 1. The van der Waals surface area contributed by atoms with E-state index in [2.05, 4.69) is 39.5 Å². The molecule has 1 aromatic carbocycles. The van der Waals surface area contributed by atoms with Gasteiger partial charge in [-0.15, -0.1) is 0 Å². The first-order valence-corrected chi connectivity index (χ1v) is 15.9. The Morgan fingerprint density at radius 2 is 2.02 bits per heavy atom. The first-order chi connectivity index (χ1) is 20.9. The lowest BCUT2D eigenvalue weighted by molar-refractivity contribution is -0.202. The molecule has 1 spiro atoms. The number of amides is 1. The van der Waals surface area contributed by atoms with Gasteiger partial charge in [0, 0.05) is 44.8 Å². The topological polar surface area (TPSA) is 124 Å². The molecule has 2 N–H and O–H groups in total. The second-order valence-corrected chi connectivity index (χ2v) is 12.4. The number of carbonyl (C=O) groups excluding carboxylic acids is 1. The first kappa shape index (κ1) is 29.6. The molecule has 1 aliphatic carbocycles. The molecule has 2 aliphatic heterocycles. The van der Waals surface area contributed by atoms with E-state index in [-0.39, 0.29) is 29.1 Å². The van der Waals surface area contributed by atoms with Crippen LogP contribution in [-0.2, 0) is 27.8 Å². The van der Waals surface area contributed by atoms with Gasteiger partial charge in [0.2, 0.25) is 5.91 Å². The van der Waals surface area contributed by atoms with Crippen molar-refractivity contribution in [2.24, 2.45) is 18.4 Å². The number of hydroxylamine groups is 1. The highest BCUT2D eigenvalue weighted by Crippen LogP contribution is 2.49. The highest BCUT2D eigenvalue weighted by molar-refractivity contribution is 5.81. The normalized spacial score (nSPS) is 21.9. The Labute approximate surface area is 252 Å². The van der Waals surface area contributed by atoms with Crippen molar-refractivity contribution in [3.8, 4) is 17.1 Å². The van der Waals surface area contributed by atoms with Crippen LogP contribution in [0.3, 0.4) is 0 Å². The Balaban J connectivity index is 1.16. The summed E-state index contributed by atoms with van der Waals surface area (Å²) in [5.74, 6) is 1.15. The van der Waals surface area contributed by atoms with E-state index in [1.807, 2.05) is 13.0 Å². The summed E-state index contributed by atoms with van der Waals surface area (Å²) in [6.07, 6.45) is 9.19. The number of nitrogens with zero attached hydrogens (tertiary/aromatic N) is 4. The Kier molecular flexibility index (Phi) is 8.72. The Morgan fingerprint density at radius 1 is 1.19 bits per heavy atom. The lowest BCUT2D eigenvalue weighted by Gasteiger charge is -2.41. The number of aryl methyl sites for hydroxylation is 2. The van der Waals surface area contributed by atoms with E-state index in [0.717, 1.165) is 94.2 Å². The van der Waals surface area contributed by atoms with Gasteiger partial charge in [0.15, 0.2) is 11.8 Å². The van der Waals surface area contributed by atoms with Crippen molar-refractivity contribution in [2.45, 2.75) is 84.3 Å². The third-order valence-electron chi connectivity index (χ3n) is 9.46. The van der Waals surface area contributed by atoms with Gasteiger partial charge in [0.05, 0.1) is 17.9 Å². The molecule has 1 saturated carbocycles. The quantitative estimate of drug-likeness (QED) is 0.345. The number of nitrogens with one attached hydrogen (secondary N) is 2. The zero-order valence-electron chi connectivity index (χ0n) is 25.6. The summed E-state index contributed by atoms with van der Waals surface area (Å²) in [6, 6.07) is 6.15. The van der Waals surface area contributed by atoms with Crippen LogP contribution < -0.4 is 20.7 Å². The van der Waals surface area contributed by atoms with E-state index in [9.17, 15) is 9.59 Å². The highest BCUT2D eigenvalue weighted by atomic mass is 16.8. The molecule has 11 nitrogen and oxygen atoms in total. The van der Waals surface area contributed by atoms with Crippen LogP contribution in [0.5, 0.6) is 5.75 Å². The molecule has 1 amide bonds. The predicted molar refractivity (Wildman–Crippen MR) is 164 cm³/mol. The number of piperidine rings is 1. The summed E-state index contributed by atoms with van der Waals surface area (Å²) in [6.45, 7) is 7.05. The predicted octanol–water partition coefficient (Wildman–Crippen LogP) is 4.64. The number of rotatable bonds is 9. The summed E-state index contributed by atoms with van der Waals surface area (Å²) >= 11 is 0. The van der Waals surface area contributed by atoms with Crippen molar-refractivity contribution >= 4 is 22.6 Å². The van der Waals surface area contributed by atoms with E-state index in [0.29, 0.717) is 35.8 Å². The lowest BCUT2D eigenvalue weighted by Crippen LogP contribution is -2.40. The molecule has 2 aromatic heterocycles. The number of fused-ring (bicyclic) bond motifs is 1. The maximum atomic E-state index is 13.2. The van der Waals surface area contributed by atoms with Crippen LogP contribution in [0.2, 0.25) is 0 Å². The molecule has 43 heavy (non-hydrogen) atoms. The Bertz CT molecular complexity index is 1500. The number of hydrogen-bond donors (Lipinski definition) is 2. The van der Waals surface area contributed by atoms with Crippen LogP contribution in [-0.4, -0.2) is 58.2 Å². The van der Waals surface area contributed by atoms with Gasteiger partial charge >= 0.3 is 0 Å². The molecular formula is C32H44N6O5. The molecule has 0 bridgehead atoms. The van der Waals surface area contributed by atoms with Gasteiger partial charge in [-0.1, -0.05) is 13.3 Å². The maximum Gasteiger partial charge on any atom is 0.277 e. The zero-order valence-corrected chi connectivity index (χ0v) is 25.6. The SMILES string of the molecule is CCCc1nn(C)c2c(=O)[nH]c(-c3cc(N4CCC5(CCC(C(=O)NOC6CCCCO6)C5)CC4)ccc3OCC)nc12. The van der Waals surface area contributed by atoms with Gasteiger partial charge in [-0.05, 0) is 81.9 Å². The molecule has 2 unspecified atom stereocenters. The minimum absolute atomic E-state index is 0.0150. The van der Waals surface area contributed by atoms with Gasteiger partial charge in [-0.3, -0.25) is 14.3 Å². The van der Waals surface area contributed by atoms with Crippen LogP contribution in [0, 0.1) is 11.3 Å². The Hall–Kier alpha value is -3.44. The molecule has 3 fully saturated rings. The summed E-state index contributed by atoms with van der Waals surface area (Å²) in [7, 11) is 1.78. The smallest absolute Gasteiger partial charge is 0.277 e. The molecular weight excluding hydrogens is 548 g/mol. The zero-order chi connectivity index (χ0) is 30.0.